The molecule has 1 heterocycles. The number of aromatic nitrogens is 1. The minimum absolute atomic E-state index is 0. The molecule has 0 amide bonds. The molecule has 0 aliphatic heterocycles. The molecule has 0 fully saturated rings. The van der Waals surface area contributed by atoms with Crippen LogP contribution < -0.4 is 0 Å². The van der Waals surface area contributed by atoms with Gasteiger partial charge in [0.05, 0.1) is 15.7 Å². The highest BCUT2D eigenvalue weighted by Gasteiger charge is 1.99. The molecule has 0 saturated heterocycles. The van der Waals surface area contributed by atoms with Crippen molar-refractivity contribution in [3.8, 4) is 0 Å². The summed E-state index contributed by atoms with van der Waals surface area (Å²) in [5, 5.41) is 0. The maximum Gasteiger partial charge on any atom is 0.142 e. The highest BCUT2D eigenvalue weighted by atomic mass is 32.1. The SMILES string of the molecule is Fc1cccc2ncsc12.O. The predicted octanol–water partition coefficient (Wildman–Crippen LogP) is 1.61. The molecule has 4 heteroatoms. The van der Waals surface area contributed by atoms with Gasteiger partial charge in [-0.25, -0.2) is 9.37 Å². The summed E-state index contributed by atoms with van der Waals surface area (Å²) >= 11 is 1.33. The summed E-state index contributed by atoms with van der Waals surface area (Å²) in [7, 11) is 0. The normalized spacial score (nSPS) is 9.55. The van der Waals surface area contributed by atoms with Crippen LogP contribution in [0.3, 0.4) is 0 Å². The molecule has 2 rings (SSSR count). The van der Waals surface area contributed by atoms with Gasteiger partial charge in [0.25, 0.3) is 0 Å². The first-order chi connectivity index (χ1) is 4.88. The van der Waals surface area contributed by atoms with Crippen LogP contribution in [0.15, 0.2) is 23.7 Å². The molecule has 0 radical (unpaired) electrons. The molecular weight excluding hydrogens is 165 g/mol. The molecule has 58 valence electrons. The van der Waals surface area contributed by atoms with E-state index in [4.69, 9.17) is 0 Å². The zero-order chi connectivity index (χ0) is 6.97. The molecule has 0 spiro atoms. The second-order valence-electron chi connectivity index (χ2n) is 1.94. The zero-order valence-electron chi connectivity index (χ0n) is 5.54. The van der Waals surface area contributed by atoms with Gasteiger partial charge >= 0.3 is 0 Å². The third-order valence-corrected chi connectivity index (χ3v) is 2.16. The van der Waals surface area contributed by atoms with Gasteiger partial charge in [0, 0.05) is 0 Å². The van der Waals surface area contributed by atoms with Gasteiger partial charge in [-0.15, -0.1) is 11.3 Å². The van der Waals surface area contributed by atoms with E-state index in [1.807, 2.05) is 0 Å². The molecule has 1 aromatic carbocycles. The molecule has 2 aromatic rings. The van der Waals surface area contributed by atoms with Crippen molar-refractivity contribution in [1.29, 1.82) is 0 Å². The van der Waals surface area contributed by atoms with Crippen LogP contribution in [0.25, 0.3) is 10.2 Å². The van der Waals surface area contributed by atoms with E-state index in [1.165, 1.54) is 17.4 Å². The van der Waals surface area contributed by atoms with Crippen molar-refractivity contribution in [2.24, 2.45) is 0 Å². The lowest BCUT2D eigenvalue weighted by atomic mass is 10.3. The van der Waals surface area contributed by atoms with E-state index in [-0.39, 0.29) is 11.3 Å². The van der Waals surface area contributed by atoms with Gasteiger partial charge in [0.15, 0.2) is 0 Å². The van der Waals surface area contributed by atoms with Crippen molar-refractivity contribution < 1.29 is 9.87 Å². The van der Waals surface area contributed by atoms with Crippen molar-refractivity contribution in [2.75, 3.05) is 0 Å². The van der Waals surface area contributed by atoms with E-state index in [0.717, 1.165) is 5.52 Å². The standard InChI is InChI=1S/C7H4FNS.H2O/c8-5-2-1-3-6-7(5)10-4-9-6;/h1-4H;1H2. The Morgan fingerprint density at radius 2 is 2.18 bits per heavy atom. The van der Waals surface area contributed by atoms with Crippen LogP contribution in [0.5, 0.6) is 0 Å². The molecule has 11 heavy (non-hydrogen) atoms. The van der Waals surface area contributed by atoms with Crippen molar-refractivity contribution >= 4 is 21.6 Å². The molecule has 0 atom stereocenters. The highest BCUT2D eigenvalue weighted by molar-refractivity contribution is 7.16. The molecule has 0 aliphatic carbocycles. The van der Waals surface area contributed by atoms with E-state index in [0.29, 0.717) is 4.70 Å². The first kappa shape index (κ1) is 8.10. The van der Waals surface area contributed by atoms with E-state index in [9.17, 15) is 4.39 Å². The van der Waals surface area contributed by atoms with Crippen LogP contribution in [0.1, 0.15) is 0 Å². The first-order valence-corrected chi connectivity index (χ1v) is 3.73. The number of nitrogens with zero attached hydrogens (tertiary/aromatic N) is 1. The van der Waals surface area contributed by atoms with Gasteiger partial charge in [-0.1, -0.05) is 6.07 Å². The Hall–Kier alpha value is -1.00. The lowest BCUT2D eigenvalue weighted by Gasteiger charge is -1.86. The van der Waals surface area contributed by atoms with Crippen LogP contribution in [-0.4, -0.2) is 10.5 Å². The number of fused-ring (bicyclic) bond motifs is 1. The Morgan fingerprint density at radius 3 is 2.91 bits per heavy atom. The van der Waals surface area contributed by atoms with Crippen molar-refractivity contribution in [3.63, 3.8) is 0 Å². The maximum atomic E-state index is 12.8. The predicted molar refractivity (Wildman–Crippen MR) is 43.2 cm³/mol. The largest absolute Gasteiger partial charge is 0.412 e. The maximum absolute atomic E-state index is 12.8. The Labute approximate surface area is 66.6 Å². The third-order valence-electron chi connectivity index (χ3n) is 1.31. The summed E-state index contributed by atoms with van der Waals surface area (Å²) < 4.78 is 13.4. The summed E-state index contributed by atoms with van der Waals surface area (Å²) in [5.41, 5.74) is 2.39. The van der Waals surface area contributed by atoms with Gasteiger partial charge in [-0.05, 0) is 12.1 Å². The third kappa shape index (κ3) is 1.22. The molecule has 0 aliphatic rings. The summed E-state index contributed by atoms with van der Waals surface area (Å²) in [6.45, 7) is 0. The second-order valence-corrected chi connectivity index (χ2v) is 2.80. The lowest BCUT2D eigenvalue weighted by molar-refractivity contribution is 0.641. The fourth-order valence-corrected chi connectivity index (χ4v) is 1.55. The van der Waals surface area contributed by atoms with Crippen LogP contribution in [0.2, 0.25) is 0 Å². The molecule has 0 bridgehead atoms. The Balaban J connectivity index is 0.000000605. The monoisotopic (exact) mass is 171 g/mol. The Morgan fingerprint density at radius 1 is 1.36 bits per heavy atom. The molecule has 0 unspecified atom stereocenters. The average molecular weight is 171 g/mol. The van der Waals surface area contributed by atoms with Crippen molar-refractivity contribution in [2.45, 2.75) is 0 Å². The molecular formula is C7H6FNOS. The number of halogens is 1. The van der Waals surface area contributed by atoms with Crippen LogP contribution in [0.4, 0.5) is 4.39 Å². The number of thiazole rings is 1. The Kier molecular flexibility index (Phi) is 2.16. The fraction of sp³-hybridized carbons (Fsp3) is 0. The number of hydrogen-bond acceptors (Lipinski definition) is 2. The number of rotatable bonds is 0. The van der Waals surface area contributed by atoms with E-state index in [1.54, 1.807) is 17.6 Å². The smallest absolute Gasteiger partial charge is 0.142 e. The van der Waals surface area contributed by atoms with E-state index < -0.39 is 0 Å². The highest BCUT2D eigenvalue weighted by Crippen LogP contribution is 2.19. The van der Waals surface area contributed by atoms with E-state index in [2.05, 4.69) is 4.98 Å². The van der Waals surface area contributed by atoms with Crippen LogP contribution in [0, 0.1) is 5.82 Å². The van der Waals surface area contributed by atoms with Gasteiger partial charge in [0.1, 0.15) is 5.82 Å². The Bertz CT molecular complexity index is 360. The van der Waals surface area contributed by atoms with Crippen molar-refractivity contribution in [3.05, 3.63) is 29.5 Å². The topological polar surface area (TPSA) is 44.4 Å². The number of benzene rings is 1. The van der Waals surface area contributed by atoms with Crippen LogP contribution in [-0.2, 0) is 0 Å². The van der Waals surface area contributed by atoms with Crippen LogP contribution >= 0.6 is 11.3 Å². The summed E-state index contributed by atoms with van der Waals surface area (Å²) in [6, 6.07) is 4.91. The zero-order valence-corrected chi connectivity index (χ0v) is 6.36. The lowest BCUT2D eigenvalue weighted by Crippen LogP contribution is -1.71. The van der Waals surface area contributed by atoms with Gasteiger partial charge in [-0.3, -0.25) is 0 Å². The van der Waals surface area contributed by atoms with E-state index >= 15 is 0 Å². The fourth-order valence-electron chi connectivity index (χ4n) is 0.852. The van der Waals surface area contributed by atoms with Crippen molar-refractivity contribution in [1.82, 2.24) is 4.98 Å². The molecule has 2 N–H and O–H groups in total. The summed E-state index contributed by atoms with van der Waals surface area (Å²) in [6.07, 6.45) is 0. The van der Waals surface area contributed by atoms with Gasteiger partial charge in [0.2, 0.25) is 0 Å². The van der Waals surface area contributed by atoms with Gasteiger partial charge < -0.3 is 5.48 Å². The molecule has 1 aromatic heterocycles. The van der Waals surface area contributed by atoms with Gasteiger partial charge in [-0.2, -0.15) is 0 Å². The summed E-state index contributed by atoms with van der Waals surface area (Å²) in [5.74, 6) is -0.181. The molecule has 0 saturated carbocycles. The minimum atomic E-state index is -0.181. The second kappa shape index (κ2) is 2.94. The quantitative estimate of drug-likeness (QED) is 0.593. The summed E-state index contributed by atoms with van der Waals surface area (Å²) in [4.78, 5) is 3.96. The first-order valence-electron chi connectivity index (χ1n) is 2.85. The molecule has 2 nitrogen and oxygen atoms in total. The number of hydrogen-bond donors (Lipinski definition) is 0. The minimum Gasteiger partial charge on any atom is -0.412 e. The average Bonchev–Trinajstić information content (AvgIpc) is 2.36.